The van der Waals surface area contributed by atoms with Crippen molar-refractivity contribution in [3.63, 3.8) is 0 Å². The van der Waals surface area contributed by atoms with Gasteiger partial charge < -0.3 is 14.6 Å². The van der Waals surface area contributed by atoms with E-state index in [0.29, 0.717) is 22.4 Å². The third kappa shape index (κ3) is 2.15. The number of ketones is 1. The van der Waals surface area contributed by atoms with Gasteiger partial charge in [0.2, 0.25) is 0 Å². The minimum atomic E-state index is -2.04. The first-order valence-corrected chi connectivity index (χ1v) is 9.79. The molecule has 0 bridgehead atoms. The number of hydrogen-bond donors (Lipinski definition) is 1. The van der Waals surface area contributed by atoms with Crippen LogP contribution in [0.25, 0.3) is 0 Å². The quantitative estimate of drug-likeness (QED) is 0.683. The Labute approximate surface area is 173 Å². The van der Waals surface area contributed by atoms with Crippen LogP contribution in [0.3, 0.4) is 0 Å². The van der Waals surface area contributed by atoms with Crippen LogP contribution in [0.15, 0.2) is 84.9 Å². The lowest BCUT2D eigenvalue weighted by molar-refractivity contribution is -0.168. The van der Waals surface area contributed by atoms with Gasteiger partial charge in [0.25, 0.3) is 0 Å². The van der Waals surface area contributed by atoms with Gasteiger partial charge in [0, 0.05) is 11.1 Å². The minimum absolute atomic E-state index is 0.367. The number of benzene rings is 3. The molecule has 4 atom stereocenters. The molecule has 5 nitrogen and oxygen atoms in total. The normalized spacial score (nSPS) is 29.1. The predicted octanol–water partition coefficient (Wildman–Crippen LogP) is 3.32. The van der Waals surface area contributed by atoms with Crippen molar-refractivity contribution in [2.75, 3.05) is 7.11 Å². The van der Waals surface area contributed by atoms with Gasteiger partial charge in [0.15, 0.2) is 17.0 Å². The standard InChI is InChI=1S/C25H20O5/c1-29-23(27)21-20(16-10-4-2-5-11-16)22(26)24(28)18-14-8-9-15-19(18)30-25(21,24)17-12-6-3-7-13-17/h2-15,20-21,28H,1H3/t20-,21+,24+,25-/m0/s1. The molecule has 3 aromatic carbocycles. The van der Waals surface area contributed by atoms with Crippen LogP contribution in [0.2, 0.25) is 0 Å². The highest BCUT2D eigenvalue weighted by Gasteiger charge is 2.78. The van der Waals surface area contributed by atoms with Crippen molar-refractivity contribution >= 4 is 11.8 Å². The number of carbonyl (C=O) groups excluding carboxylic acids is 2. The van der Waals surface area contributed by atoms with Crippen LogP contribution >= 0.6 is 0 Å². The van der Waals surface area contributed by atoms with Crippen molar-refractivity contribution < 1.29 is 24.2 Å². The average Bonchev–Trinajstić information content (AvgIpc) is 3.18. The summed E-state index contributed by atoms with van der Waals surface area (Å²) >= 11 is 0. The molecular formula is C25H20O5. The largest absolute Gasteiger partial charge is 0.477 e. The van der Waals surface area contributed by atoms with E-state index in [-0.39, 0.29) is 0 Å². The van der Waals surface area contributed by atoms with Crippen molar-refractivity contribution in [3.8, 4) is 5.75 Å². The highest BCUT2D eigenvalue weighted by Crippen LogP contribution is 2.66. The molecule has 1 N–H and O–H groups in total. The Morgan fingerprint density at radius 1 is 0.933 bits per heavy atom. The Hall–Kier alpha value is -3.44. The SMILES string of the molecule is COC(=O)[C@H]1[C@H](c2ccccc2)C(=O)[C@]2(O)c3ccccc3O[C@@]12c1ccccc1. The second-order valence-electron chi connectivity index (χ2n) is 7.66. The first-order chi connectivity index (χ1) is 14.6. The molecule has 150 valence electrons. The van der Waals surface area contributed by atoms with E-state index in [4.69, 9.17) is 9.47 Å². The maximum atomic E-state index is 13.9. The lowest BCUT2D eigenvalue weighted by Gasteiger charge is -2.37. The van der Waals surface area contributed by atoms with Gasteiger partial charge in [0.1, 0.15) is 11.7 Å². The molecule has 0 aromatic heterocycles. The fourth-order valence-corrected chi connectivity index (χ4v) is 5.08. The van der Waals surface area contributed by atoms with Gasteiger partial charge in [-0.2, -0.15) is 0 Å². The number of methoxy groups -OCH3 is 1. The second kappa shape index (κ2) is 6.54. The topological polar surface area (TPSA) is 72.8 Å². The molecule has 1 aliphatic carbocycles. The van der Waals surface area contributed by atoms with Gasteiger partial charge in [-0.25, -0.2) is 0 Å². The third-order valence-corrected chi connectivity index (χ3v) is 6.31. The van der Waals surface area contributed by atoms with Crippen molar-refractivity contribution in [3.05, 3.63) is 102 Å². The molecule has 0 saturated heterocycles. The molecule has 1 aliphatic heterocycles. The van der Waals surface area contributed by atoms with E-state index in [0.717, 1.165) is 0 Å². The van der Waals surface area contributed by atoms with Crippen molar-refractivity contribution in [2.45, 2.75) is 17.1 Å². The van der Waals surface area contributed by atoms with Gasteiger partial charge in [-0.1, -0.05) is 78.9 Å². The van der Waals surface area contributed by atoms with Crippen LogP contribution in [-0.2, 0) is 25.5 Å². The maximum Gasteiger partial charge on any atom is 0.314 e. The van der Waals surface area contributed by atoms with Crippen LogP contribution in [0, 0.1) is 5.92 Å². The number of ether oxygens (including phenoxy) is 2. The van der Waals surface area contributed by atoms with Gasteiger partial charge in [-0.3, -0.25) is 9.59 Å². The molecule has 1 saturated carbocycles. The first-order valence-electron chi connectivity index (χ1n) is 9.79. The Morgan fingerprint density at radius 3 is 2.20 bits per heavy atom. The minimum Gasteiger partial charge on any atom is -0.477 e. The van der Waals surface area contributed by atoms with Crippen LogP contribution in [0.1, 0.15) is 22.6 Å². The molecule has 30 heavy (non-hydrogen) atoms. The molecule has 5 heteroatoms. The summed E-state index contributed by atoms with van der Waals surface area (Å²) in [5, 5.41) is 12.1. The zero-order valence-corrected chi connectivity index (χ0v) is 16.3. The Bertz CT molecular complexity index is 1130. The molecule has 0 radical (unpaired) electrons. The summed E-state index contributed by atoms with van der Waals surface area (Å²) < 4.78 is 11.5. The van der Waals surface area contributed by atoms with E-state index in [1.807, 2.05) is 12.1 Å². The summed E-state index contributed by atoms with van der Waals surface area (Å²) in [5.41, 5.74) is -2.12. The Balaban J connectivity index is 1.86. The van der Waals surface area contributed by atoms with Gasteiger partial charge >= 0.3 is 5.97 Å². The van der Waals surface area contributed by atoms with Crippen molar-refractivity contribution in [1.29, 1.82) is 0 Å². The van der Waals surface area contributed by atoms with Crippen molar-refractivity contribution in [1.82, 2.24) is 0 Å². The zero-order valence-electron chi connectivity index (χ0n) is 16.3. The average molecular weight is 400 g/mol. The number of carbonyl (C=O) groups is 2. The van der Waals surface area contributed by atoms with Crippen LogP contribution in [-0.4, -0.2) is 24.0 Å². The number of Topliss-reactive ketones (excluding diaryl/α,β-unsaturated/α-hetero) is 1. The zero-order chi connectivity index (χ0) is 20.9. The van der Waals surface area contributed by atoms with E-state index >= 15 is 0 Å². The lowest BCUT2D eigenvalue weighted by Crippen LogP contribution is -2.53. The summed E-state index contributed by atoms with van der Waals surface area (Å²) in [6.07, 6.45) is 0. The summed E-state index contributed by atoms with van der Waals surface area (Å²) in [5.74, 6) is -2.69. The highest BCUT2D eigenvalue weighted by atomic mass is 16.5. The lowest BCUT2D eigenvalue weighted by atomic mass is 9.73. The molecule has 1 heterocycles. The van der Waals surface area contributed by atoms with Crippen LogP contribution < -0.4 is 4.74 Å². The molecule has 0 spiro atoms. The molecule has 2 aliphatic rings. The fourth-order valence-electron chi connectivity index (χ4n) is 5.08. The number of aliphatic hydroxyl groups is 1. The number of hydrogen-bond acceptors (Lipinski definition) is 5. The fraction of sp³-hybridized carbons (Fsp3) is 0.200. The molecule has 5 rings (SSSR count). The Kier molecular flexibility index (Phi) is 4.05. The summed E-state index contributed by atoms with van der Waals surface area (Å²) in [6.45, 7) is 0. The smallest absolute Gasteiger partial charge is 0.314 e. The molecule has 0 amide bonds. The first kappa shape index (κ1) is 18.6. The van der Waals surface area contributed by atoms with Crippen LogP contribution in [0.4, 0.5) is 0 Å². The van der Waals surface area contributed by atoms with Gasteiger partial charge in [-0.15, -0.1) is 0 Å². The van der Waals surface area contributed by atoms with Crippen LogP contribution in [0.5, 0.6) is 5.75 Å². The summed E-state index contributed by atoms with van der Waals surface area (Å²) in [4.78, 5) is 27.1. The predicted molar refractivity (Wildman–Crippen MR) is 109 cm³/mol. The van der Waals surface area contributed by atoms with E-state index < -0.39 is 34.8 Å². The van der Waals surface area contributed by atoms with E-state index in [1.54, 1.807) is 72.8 Å². The third-order valence-electron chi connectivity index (χ3n) is 6.31. The number of rotatable bonds is 3. The maximum absolute atomic E-state index is 13.9. The van der Waals surface area contributed by atoms with Gasteiger partial charge in [0.05, 0.1) is 13.0 Å². The molecule has 1 fully saturated rings. The number of fused-ring (bicyclic) bond motifs is 3. The Morgan fingerprint density at radius 2 is 1.53 bits per heavy atom. The molecule has 0 unspecified atom stereocenters. The highest BCUT2D eigenvalue weighted by molar-refractivity contribution is 6.05. The number of para-hydroxylation sites is 1. The van der Waals surface area contributed by atoms with E-state index in [1.165, 1.54) is 7.11 Å². The monoisotopic (exact) mass is 400 g/mol. The summed E-state index contributed by atoms with van der Waals surface area (Å²) in [7, 11) is 1.28. The van der Waals surface area contributed by atoms with E-state index in [2.05, 4.69) is 0 Å². The molecular weight excluding hydrogens is 380 g/mol. The summed E-state index contributed by atoms with van der Waals surface area (Å²) in [6, 6.07) is 24.9. The van der Waals surface area contributed by atoms with Gasteiger partial charge in [-0.05, 0) is 11.6 Å². The number of esters is 1. The second-order valence-corrected chi connectivity index (χ2v) is 7.66. The van der Waals surface area contributed by atoms with E-state index in [9.17, 15) is 14.7 Å². The van der Waals surface area contributed by atoms with Crippen molar-refractivity contribution in [2.24, 2.45) is 5.92 Å². The molecule has 3 aromatic rings.